The summed E-state index contributed by atoms with van der Waals surface area (Å²) in [5.41, 5.74) is 2.94. The van der Waals surface area contributed by atoms with Gasteiger partial charge in [-0.05, 0) is 23.6 Å². The number of aromatic nitrogens is 3. The molecule has 4 aromatic rings. The van der Waals surface area contributed by atoms with Crippen molar-refractivity contribution in [3.63, 3.8) is 0 Å². The number of pyridine rings is 1. The number of imidazole rings is 1. The smallest absolute Gasteiger partial charge is 0.252 e. The quantitative estimate of drug-likeness (QED) is 0.290. The van der Waals surface area contributed by atoms with E-state index in [4.69, 9.17) is 16.6 Å². The van der Waals surface area contributed by atoms with E-state index in [9.17, 15) is 9.90 Å². The van der Waals surface area contributed by atoms with Crippen molar-refractivity contribution in [1.29, 1.82) is 0 Å². The van der Waals surface area contributed by atoms with Gasteiger partial charge in [-0.15, -0.1) is 0 Å². The zero-order chi connectivity index (χ0) is 19.5. The van der Waals surface area contributed by atoms with Crippen LogP contribution >= 0.6 is 11.6 Å². The molecule has 5 nitrogen and oxygen atoms in total. The standard InChI is InChI=1S/C21H15ClIN3O2/c22-19-18(12-6-7-15-13(8-12)16(27)9-17(28)24-15)25-20(26-19)21(23)10-14(21)11-4-2-1-3-5-11/h1-9,14H,10H2,(H,25,26)(H2,24,27,28)/q-1. The third-order valence-electron chi connectivity index (χ3n) is 5.24. The highest BCUT2D eigenvalue weighted by Gasteiger charge is 2.46. The Morgan fingerprint density at radius 2 is 1.93 bits per heavy atom. The Balaban J connectivity index is 1.54. The number of aromatic hydroxyl groups is 1. The lowest BCUT2D eigenvalue weighted by Crippen LogP contribution is -3.39. The molecule has 2 atom stereocenters. The van der Waals surface area contributed by atoms with Crippen LogP contribution in [0.4, 0.5) is 0 Å². The van der Waals surface area contributed by atoms with Crippen molar-refractivity contribution in [3.8, 4) is 17.0 Å². The number of benzene rings is 2. The molecular formula is C21H15ClIN3O2-. The van der Waals surface area contributed by atoms with Gasteiger partial charge in [0.1, 0.15) is 16.6 Å². The number of alkyl halides is 1. The van der Waals surface area contributed by atoms with Gasteiger partial charge in [0.2, 0.25) is 0 Å². The first-order valence-corrected chi connectivity index (χ1v) is 10.3. The number of fused-ring (bicyclic) bond motifs is 1. The van der Waals surface area contributed by atoms with Crippen LogP contribution in [0.2, 0.25) is 5.15 Å². The summed E-state index contributed by atoms with van der Waals surface area (Å²) < 4.78 is -0.106. The number of rotatable bonds is 3. The molecular weight excluding hydrogens is 489 g/mol. The number of nitrogens with one attached hydrogen (secondary N) is 2. The van der Waals surface area contributed by atoms with Crippen LogP contribution in [-0.2, 0) is 3.42 Å². The predicted molar refractivity (Wildman–Crippen MR) is 104 cm³/mol. The summed E-state index contributed by atoms with van der Waals surface area (Å²) in [7, 11) is 0. The summed E-state index contributed by atoms with van der Waals surface area (Å²) in [4.78, 5) is 22.3. The van der Waals surface area contributed by atoms with E-state index in [1.54, 1.807) is 12.1 Å². The van der Waals surface area contributed by atoms with Gasteiger partial charge in [0, 0.05) is 17.0 Å². The number of H-pyrrole nitrogens is 2. The molecule has 0 saturated heterocycles. The van der Waals surface area contributed by atoms with Crippen molar-refractivity contribution in [2.75, 3.05) is 0 Å². The van der Waals surface area contributed by atoms with Crippen molar-refractivity contribution >= 4 is 22.5 Å². The van der Waals surface area contributed by atoms with E-state index in [1.807, 2.05) is 12.1 Å². The topological polar surface area (TPSA) is 81.8 Å². The fourth-order valence-corrected chi connectivity index (χ4v) is 4.99. The van der Waals surface area contributed by atoms with Crippen LogP contribution in [0.25, 0.3) is 22.2 Å². The lowest BCUT2D eigenvalue weighted by Gasteiger charge is -2.21. The lowest BCUT2D eigenvalue weighted by molar-refractivity contribution is -0.451. The Kier molecular flexibility index (Phi) is 4.03. The van der Waals surface area contributed by atoms with Gasteiger partial charge < -0.3 is 37.7 Å². The molecule has 3 N–H and O–H groups in total. The monoisotopic (exact) mass is 503 g/mol. The van der Waals surface area contributed by atoms with Gasteiger partial charge in [-0.3, -0.25) is 4.79 Å². The Labute approximate surface area is 178 Å². The summed E-state index contributed by atoms with van der Waals surface area (Å²) in [6.45, 7) is 0. The second kappa shape index (κ2) is 6.35. The number of halogens is 2. The largest absolute Gasteiger partial charge is 0.781 e. The van der Waals surface area contributed by atoms with Crippen LogP contribution in [0.1, 0.15) is 23.7 Å². The molecule has 1 radical (unpaired) electrons. The Morgan fingerprint density at radius 1 is 1.14 bits per heavy atom. The highest BCUT2D eigenvalue weighted by molar-refractivity contribution is 6.32. The second-order valence-corrected chi connectivity index (χ2v) is 9.36. The third kappa shape index (κ3) is 2.82. The molecule has 1 saturated carbocycles. The average Bonchev–Trinajstić information content (AvgIpc) is 3.23. The van der Waals surface area contributed by atoms with Gasteiger partial charge in [-0.25, -0.2) is 4.98 Å². The molecule has 141 valence electrons. The number of aromatic amines is 2. The number of hydrogen-bond acceptors (Lipinski definition) is 3. The summed E-state index contributed by atoms with van der Waals surface area (Å²) in [6, 6.07) is 16.9. The molecule has 2 aromatic carbocycles. The minimum Gasteiger partial charge on any atom is -0.781 e. The molecule has 2 heterocycles. The van der Waals surface area contributed by atoms with Crippen LogP contribution in [0.3, 0.4) is 0 Å². The molecule has 0 amide bonds. The van der Waals surface area contributed by atoms with Crippen molar-refractivity contribution in [2.24, 2.45) is 0 Å². The molecule has 0 bridgehead atoms. The van der Waals surface area contributed by atoms with Crippen LogP contribution in [-0.4, -0.2) is 20.1 Å². The highest BCUT2D eigenvalue weighted by atomic mass is 127. The Bertz CT molecular complexity index is 1270. The van der Waals surface area contributed by atoms with Gasteiger partial charge in [0.05, 0.1) is 11.3 Å². The summed E-state index contributed by atoms with van der Waals surface area (Å²) in [6.07, 6.45) is 1.00. The summed E-state index contributed by atoms with van der Waals surface area (Å²) in [5, 5.41) is 11.1. The van der Waals surface area contributed by atoms with E-state index < -0.39 is 0 Å². The fourth-order valence-electron chi connectivity index (χ4n) is 3.69. The Hall–Kier alpha value is -2.32. The number of nitrogens with zero attached hydrogens (tertiary/aromatic N) is 1. The van der Waals surface area contributed by atoms with E-state index in [0.29, 0.717) is 27.7 Å². The van der Waals surface area contributed by atoms with E-state index in [0.717, 1.165) is 23.9 Å². The molecule has 7 heteroatoms. The normalized spacial score (nSPS) is 21.1. The molecule has 1 aliphatic rings. The van der Waals surface area contributed by atoms with Crippen molar-refractivity contribution in [3.05, 3.63) is 81.5 Å². The predicted octanol–water partition coefficient (Wildman–Crippen LogP) is 1.21. The van der Waals surface area contributed by atoms with Crippen LogP contribution < -0.4 is 28.2 Å². The van der Waals surface area contributed by atoms with Crippen molar-refractivity contribution in [2.45, 2.75) is 15.8 Å². The summed E-state index contributed by atoms with van der Waals surface area (Å²) >= 11 is 8.94. The molecule has 1 fully saturated rings. The molecule has 0 aliphatic heterocycles. The zero-order valence-electron chi connectivity index (χ0n) is 14.5. The SMILES string of the molecule is O=c1cc(O)c2cc(-c3nc(C4([I-])CC4c4ccccc4)[nH]c3Cl)ccc2[nH]1. The zero-order valence-corrected chi connectivity index (χ0v) is 17.5. The van der Waals surface area contributed by atoms with Crippen molar-refractivity contribution in [1.82, 2.24) is 15.0 Å². The molecule has 2 aromatic heterocycles. The minimum atomic E-state index is -0.342. The van der Waals surface area contributed by atoms with E-state index >= 15 is 0 Å². The summed E-state index contributed by atoms with van der Waals surface area (Å²) in [5.74, 6) is 1.19. The van der Waals surface area contributed by atoms with Crippen LogP contribution in [0, 0.1) is 0 Å². The minimum absolute atomic E-state index is 0.0656. The van der Waals surface area contributed by atoms with E-state index in [2.05, 4.69) is 56.8 Å². The Morgan fingerprint density at radius 3 is 2.71 bits per heavy atom. The molecule has 1 aliphatic carbocycles. The van der Waals surface area contributed by atoms with E-state index in [-0.39, 0.29) is 14.7 Å². The first kappa shape index (κ1) is 17.8. The van der Waals surface area contributed by atoms with Gasteiger partial charge in [0.15, 0.2) is 0 Å². The van der Waals surface area contributed by atoms with Gasteiger partial charge in [-0.1, -0.05) is 57.8 Å². The molecule has 28 heavy (non-hydrogen) atoms. The first-order chi connectivity index (χ1) is 13.5. The maximum absolute atomic E-state index is 11.5. The molecule has 2 unspecified atom stereocenters. The maximum atomic E-state index is 11.5. The lowest BCUT2D eigenvalue weighted by atomic mass is 10.1. The van der Waals surface area contributed by atoms with Crippen LogP contribution in [0.15, 0.2) is 59.4 Å². The van der Waals surface area contributed by atoms with Crippen molar-refractivity contribution < 1.29 is 27.7 Å². The molecule has 5 rings (SSSR count). The first-order valence-electron chi connectivity index (χ1n) is 8.82. The molecule has 0 spiro atoms. The fraction of sp³-hybridized carbons (Fsp3) is 0.143. The maximum Gasteiger partial charge on any atom is 0.252 e. The highest BCUT2D eigenvalue weighted by Crippen LogP contribution is 2.53. The number of hydrogen-bond donors (Lipinski definition) is 3. The third-order valence-corrected chi connectivity index (χ3v) is 7.22. The van der Waals surface area contributed by atoms with E-state index in [1.165, 1.54) is 5.56 Å². The van der Waals surface area contributed by atoms with Gasteiger partial charge in [-0.2, -0.15) is 0 Å². The van der Waals surface area contributed by atoms with Crippen LogP contribution in [0.5, 0.6) is 5.75 Å². The average molecular weight is 504 g/mol. The van der Waals surface area contributed by atoms with Gasteiger partial charge >= 0.3 is 0 Å². The second-order valence-electron chi connectivity index (χ2n) is 7.06. The van der Waals surface area contributed by atoms with Gasteiger partial charge in [0.25, 0.3) is 5.56 Å².